The fourth-order valence-corrected chi connectivity index (χ4v) is 12.3. The average Bonchev–Trinajstić information content (AvgIpc) is 3.76. The molecule has 0 saturated carbocycles. The van der Waals surface area contributed by atoms with Crippen LogP contribution < -0.4 is 52.6 Å². The van der Waals surface area contributed by atoms with Gasteiger partial charge in [0.25, 0.3) is 13.4 Å². The first kappa shape index (κ1) is 41.8. The highest BCUT2D eigenvalue weighted by atomic mass is 16.3. The normalized spacial score (nSPS) is 14.0. The molecule has 1 aromatic heterocycles. The quantitative estimate of drug-likeness (QED) is 0.164. The van der Waals surface area contributed by atoms with Crippen LogP contribution in [-0.2, 0) is 5.41 Å². The lowest BCUT2D eigenvalue weighted by Crippen LogP contribution is -2.65. The second-order valence-corrected chi connectivity index (χ2v) is 21.3. The van der Waals surface area contributed by atoms with E-state index in [2.05, 4.69) is 256 Å². The molecule has 4 aliphatic rings. The van der Waals surface area contributed by atoms with Gasteiger partial charge >= 0.3 is 0 Å². The van der Waals surface area contributed by atoms with Crippen LogP contribution in [-0.4, -0.2) is 13.4 Å². The lowest BCUT2D eigenvalue weighted by molar-refractivity contribution is 0.590. The standard InChI is InChI=1S/C64H52B2N4O/c1-39-21-27-45(28-22-39)67-52-19-13-12-18-49(52)65-50-37-51-54(38-53(50)69(56-34-41(3)33-55(67)60(56)65)46-31-25-43(26-32-46)64(5,6)7)68(44-15-9-8-10-16-44)57-35-42(4)36-58-61(57)66(51)63-62(48-17-11-14-20-59(48)71-63)70(58)47-29-23-40(2)24-30-47/h8-38H,1-7H3. The van der Waals surface area contributed by atoms with E-state index >= 15 is 0 Å². The van der Waals surface area contributed by atoms with E-state index < -0.39 is 0 Å². The Morgan fingerprint density at radius 1 is 0.366 bits per heavy atom. The van der Waals surface area contributed by atoms with Crippen LogP contribution in [0.25, 0.3) is 11.0 Å². The maximum Gasteiger partial charge on any atom is 0.297 e. The van der Waals surface area contributed by atoms with E-state index in [1.165, 1.54) is 89.3 Å². The highest BCUT2D eigenvalue weighted by Crippen LogP contribution is 2.50. The Hall–Kier alpha value is -8.15. The number of fused-ring (bicyclic) bond motifs is 10. The third-order valence-electron chi connectivity index (χ3n) is 15.5. The number of nitrogens with zero attached hydrogens (tertiary/aromatic N) is 4. The highest BCUT2D eigenvalue weighted by Gasteiger charge is 2.50. The highest BCUT2D eigenvalue weighted by molar-refractivity contribution is 7.03. The van der Waals surface area contributed by atoms with Crippen LogP contribution in [0.1, 0.15) is 48.6 Å². The minimum absolute atomic E-state index is 0.00828. The van der Waals surface area contributed by atoms with E-state index in [1.807, 2.05) is 0 Å². The van der Waals surface area contributed by atoms with Crippen LogP contribution in [0.2, 0.25) is 0 Å². The van der Waals surface area contributed by atoms with Crippen molar-refractivity contribution >= 4 is 126 Å². The number of hydrogen-bond acceptors (Lipinski definition) is 5. The topological polar surface area (TPSA) is 26.1 Å². The summed E-state index contributed by atoms with van der Waals surface area (Å²) in [6, 6.07) is 70.8. The Kier molecular flexibility index (Phi) is 8.93. The number of anilines is 12. The zero-order valence-corrected chi connectivity index (χ0v) is 41.2. The molecule has 5 heterocycles. The van der Waals surface area contributed by atoms with Crippen molar-refractivity contribution in [2.45, 2.75) is 53.9 Å². The van der Waals surface area contributed by atoms with Gasteiger partial charge in [0, 0.05) is 67.9 Å². The van der Waals surface area contributed by atoms with Crippen molar-refractivity contribution in [2.75, 3.05) is 19.6 Å². The van der Waals surface area contributed by atoms with Crippen molar-refractivity contribution in [2.24, 2.45) is 0 Å². The van der Waals surface area contributed by atoms with Crippen LogP contribution in [0.3, 0.4) is 0 Å². The summed E-state index contributed by atoms with van der Waals surface area (Å²) in [4.78, 5) is 10.1. The van der Waals surface area contributed by atoms with Gasteiger partial charge in [-0.15, -0.1) is 0 Å². The van der Waals surface area contributed by atoms with E-state index in [0.29, 0.717) is 0 Å². The molecule has 0 saturated heterocycles. The molecule has 71 heavy (non-hydrogen) atoms. The van der Waals surface area contributed by atoms with Crippen LogP contribution in [0, 0.1) is 27.7 Å². The third-order valence-corrected chi connectivity index (χ3v) is 15.5. The summed E-state index contributed by atoms with van der Waals surface area (Å²) in [5, 5.41) is 1.11. The predicted molar refractivity (Wildman–Crippen MR) is 302 cm³/mol. The molecular formula is C64H52B2N4O. The molecule has 0 bridgehead atoms. The molecule has 0 N–H and O–H groups in total. The third kappa shape index (κ3) is 6.15. The SMILES string of the molecule is Cc1ccc(N2c3ccccc3B3c4cc5c(cc4N(c4ccc(C(C)(C)C)cc4)c4cc(C)cc2c43)N(c2ccccc2)c2cc(C)cc3c2B5c2oc4ccccc4c2N3c2ccc(C)cc2)cc1. The maximum absolute atomic E-state index is 7.32. The van der Waals surface area contributed by atoms with Gasteiger partial charge in [0.15, 0.2) is 0 Å². The van der Waals surface area contributed by atoms with Gasteiger partial charge in [0.05, 0.1) is 11.3 Å². The molecule has 5 nitrogen and oxygen atoms in total. The number of rotatable bonds is 4. The van der Waals surface area contributed by atoms with Crippen molar-refractivity contribution in [3.05, 3.63) is 216 Å². The lowest BCUT2D eigenvalue weighted by atomic mass is 9.31. The lowest BCUT2D eigenvalue weighted by Gasteiger charge is -2.46. The molecule has 0 aliphatic carbocycles. The van der Waals surface area contributed by atoms with E-state index in [9.17, 15) is 0 Å². The van der Waals surface area contributed by atoms with E-state index in [-0.39, 0.29) is 18.8 Å². The monoisotopic (exact) mass is 914 g/mol. The molecule has 7 heteroatoms. The molecule has 340 valence electrons. The predicted octanol–water partition coefficient (Wildman–Crippen LogP) is 13.1. The zero-order chi connectivity index (χ0) is 48.0. The van der Waals surface area contributed by atoms with Crippen molar-refractivity contribution in [3.63, 3.8) is 0 Å². The van der Waals surface area contributed by atoms with E-state index in [1.54, 1.807) is 0 Å². The number of para-hydroxylation sites is 3. The summed E-state index contributed by atoms with van der Waals surface area (Å²) in [7, 11) is 0. The number of hydrogen-bond donors (Lipinski definition) is 0. The summed E-state index contributed by atoms with van der Waals surface area (Å²) < 4.78 is 7.32. The number of furan rings is 1. The second kappa shape index (κ2) is 15.2. The van der Waals surface area contributed by atoms with Gasteiger partial charge in [-0.05, 0) is 174 Å². The molecule has 9 aromatic carbocycles. The molecule has 10 aromatic rings. The number of benzene rings is 9. The van der Waals surface area contributed by atoms with Crippen molar-refractivity contribution in [3.8, 4) is 0 Å². The Balaban J connectivity index is 1.11. The fourth-order valence-electron chi connectivity index (χ4n) is 12.3. The Bertz CT molecular complexity index is 3820. The largest absolute Gasteiger partial charge is 0.468 e. The van der Waals surface area contributed by atoms with Gasteiger partial charge in [-0.3, -0.25) is 0 Å². The molecule has 0 fully saturated rings. The molecule has 14 rings (SSSR count). The Morgan fingerprint density at radius 3 is 1.44 bits per heavy atom. The van der Waals surface area contributed by atoms with Crippen LogP contribution in [0.15, 0.2) is 192 Å². The fraction of sp³-hybridized carbons (Fsp3) is 0.125. The zero-order valence-electron chi connectivity index (χ0n) is 41.2. The molecule has 0 atom stereocenters. The summed E-state index contributed by atoms with van der Waals surface area (Å²) in [6.45, 7) is 15.5. The molecule has 0 amide bonds. The molecule has 4 aliphatic heterocycles. The summed E-state index contributed by atoms with van der Waals surface area (Å²) in [6.07, 6.45) is 0. The van der Waals surface area contributed by atoms with E-state index in [4.69, 9.17) is 4.42 Å². The van der Waals surface area contributed by atoms with Crippen molar-refractivity contribution in [1.82, 2.24) is 0 Å². The van der Waals surface area contributed by atoms with Gasteiger partial charge in [-0.1, -0.05) is 123 Å². The van der Waals surface area contributed by atoms with Crippen LogP contribution >= 0.6 is 0 Å². The van der Waals surface area contributed by atoms with E-state index in [0.717, 1.165) is 50.8 Å². The van der Waals surface area contributed by atoms with Crippen molar-refractivity contribution < 1.29 is 4.42 Å². The minimum Gasteiger partial charge on any atom is -0.468 e. The van der Waals surface area contributed by atoms with Crippen molar-refractivity contribution in [1.29, 1.82) is 0 Å². The first-order valence-corrected chi connectivity index (χ1v) is 25.1. The first-order chi connectivity index (χ1) is 34.5. The van der Waals surface area contributed by atoms with Crippen LogP contribution in [0.5, 0.6) is 0 Å². The molecule has 0 unspecified atom stereocenters. The summed E-state index contributed by atoms with van der Waals surface area (Å²) >= 11 is 0. The number of aryl methyl sites for hydroxylation is 4. The molecule has 0 radical (unpaired) electrons. The Morgan fingerprint density at radius 2 is 0.831 bits per heavy atom. The minimum atomic E-state index is -0.203. The molecular weight excluding hydrogens is 862 g/mol. The molecule has 0 spiro atoms. The Labute approximate surface area is 417 Å². The van der Waals surface area contributed by atoms with Gasteiger partial charge < -0.3 is 24.0 Å². The summed E-state index contributed by atoms with van der Waals surface area (Å²) in [5.41, 5.74) is 28.3. The maximum atomic E-state index is 7.32. The average molecular weight is 915 g/mol. The van der Waals surface area contributed by atoms with Gasteiger partial charge in [-0.2, -0.15) is 0 Å². The first-order valence-electron chi connectivity index (χ1n) is 25.1. The van der Waals surface area contributed by atoms with Crippen LogP contribution in [0.4, 0.5) is 68.2 Å². The second-order valence-electron chi connectivity index (χ2n) is 21.3. The summed E-state index contributed by atoms with van der Waals surface area (Å²) in [5.74, 6) is 0. The van der Waals surface area contributed by atoms with Gasteiger partial charge in [-0.25, -0.2) is 0 Å². The smallest absolute Gasteiger partial charge is 0.297 e. The van der Waals surface area contributed by atoms with Gasteiger partial charge in [0.1, 0.15) is 5.58 Å². The van der Waals surface area contributed by atoms with Gasteiger partial charge in [0.2, 0.25) is 0 Å².